The third-order valence-corrected chi connectivity index (χ3v) is 8.61. The van der Waals surface area contributed by atoms with Crippen LogP contribution in [-0.4, -0.2) is 69.2 Å². The first-order valence-corrected chi connectivity index (χ1v) is 10.2. The number of hydrogen-bond acceptors (Lipinski definition) is 8. The summed E-state index contributed by atoms with van der Waals surface area (Å²) < 4.78 is 5.19. The normalized spacial score (nSPS) is 42.5. The van der Waals surface area contributed by atoms with Gasteiger partial charge in [-0.1, -0.05) is 6.07 Å². The molecule has 158 valence electrons. The standard InChI is InChI=1S/C21H22N2O7/c1-30-18(29)20-5-4-19-7-12(25)10-8-23(14(27)6-13(19)26)17(19)21(10,20)9-2-3-11(24)16(28)15(9)22-20/h2-3,10,13,17,22,24,26,28H,4-8H2,1H3/t10?,13?,17-,19?,20+,21-/m0/s1. The van der Waals surface area contributed by atoms with E-state index in [1.807, 2.05) is 0 Å². The minimum absolute atomic E-state index is 0.0427. The van der Waals surface area contributed by atoms with E-state index < -0.39 is 46.2 Å². The summed E-state index contributed by atoms with van der Waals surface area (Å²) in [6.07, 6.45) is -0.249. The van der Waals surface area contributed by atoms with Crippen LogP contribution in [-0.2, 0) is 24.5 Å². The average molecular weight is 414 g/mol. The third kappa shape index (κ3) is 1.53. The number of methoxy groups -OCH3 is 1. The van der Waals surface area contributed by atoms with Crippen molar-refractivity contribution in [3.05, 3.63) is 17.7 Å². The van der Waals surface area contributed by atoms with Crippen molar-refractivity contribution >= 4 is 23.3 Å². The van der Waals surface area contributed by atoms with Gasteiger partial charge in [0.1, 0.15) is 11.3 Å². The number of carbonyl (C=O) groups is 3. The topological polar surface area (TPSA) is 136 Å². The van der Waals surface area contributed by atoms with Gasteiger partial charge in [-0.2, -0.15) is 0 Å². The Kier molecular flexibility index (Phi) is 3.05. The number of anilines is 1. The molecule has 0 radical (unpaired) electrons. The van der Waals surface area contributed by atoms with Crippen LogP contribution < -0.4 is 5.32 Å². The smallest absolute Gasteiger partial charge is 0.332 e. The largest absolute Gasteiger partial charge is 0.504 e. The number of carbonyl (C=O) groups excluding carboxylic acids is 3. The number of ketones is 1. The molecule has 1 spiro atoms. The highest BCUT2D eigenvalue weighted by molar-refractivity contribution is 6.01. The summed E-state index contributed by atoms with van der Waals surface area (Å²) in [7, 11) is 1.27. The zero-order valence-electron chi connectivity index (χ0n) is 16.3. The fourth-order valence-electron chi connectivity index (χ4n) is 7.62. The van der Waals surface area contributed by atoms with E-state index in [1.165, 1.54) is 13.2 Å². The molecular formula is C21H22N2O7. The molecular weight excluding hydrogens is 392 g/mol. The Morgan fingerprint density at radius 2 is 2.03 bits per heavy atom. The first kappa shape index (κ1) is 18.0. The number of hydrogen-bond donors (Lipinski definition) is 4. The van der Waals surface area contributed by atoms with Crippen molar-refractivity contribution in [3.63, 3.8) is 0 Å². The van der Waals surface area contributed by atoms with E-state index in [4.69, 9.17) is 4.74 Å². The minimum Gasteiger partial charge on any atom is -0.504 e. The van der Waals surface area contributed by atoms with Crippen LogP contribution in [0.3, 0.4) is 0 Å². The second-order valence-corrected chi connectivity index (χ2v) is 9.34. The van der Waals surface area contributed by atoms with E-state index in [1.54, 1.807) is 11.0 Å². The van der Waals surface area contributed by atoms with Crippen molar-refractivity contribution in [2.75, 3.05) is 19.0 Å². The molecule has 1 amide bonds. The van der Waals surface area contributed by atoms with Crippen molar-refractivity contribution in [3.8, 4) is 11.5 Å². The zero-order chi connectivity index (χ0) is 21.2. The number of nitrogens with zero attached hydrogens (tertiary/aromatic N) is 1. The van der Waals surface area contributed by atoms with Gasteiger partial charge in [-0.25, -0.2) is 4.79 Å². The van der Waals surface area contributed by atoms with Crippen molar-refractivity contribution < 1.29 is 34.4 Å². The molecule has 2 aliphatic carbocycles. The first-order chi connectivity index (χ1) is 14.2. The van der Waals surface area contributed by atoms with Crippen LogP contribution in [0, 0.1) is 11.3 Å². The number of fused-ring (bicyclic) bond motifs is 1. The fraction of sp³-hybridized carbons (Fsp3) is 0.571. The van der Waals surface area contributed by atoms with Gasteiger partial charge in [-0.15, -0.1) is 0 Å². The number of nitrogens with one attached hydrogen (secondary N) is 1. The summed E-state index contributed by atoms with van der Waals surface area (Å²) in [5.74, 6) is -2.35. The van der Waals surface area contributed by atoms with E-state index in [2.05, 4.69) is 5.32 Å². The van der Waals surface area contributed by atoms with Gasteiger partial charge in [-0.3, -0.25) is 9.59 Å². The van der Waals surface area contributed by atoms with Crippen molar-refractivity contribution in [2.24, 2.45) is 11.3 Å². The molecule has 3 aliphatic heterocycles. The van der Waals surface area contributed by atoms with Crippen LogP contribution in [0.25, 0.3) is 0 Å². The lowest BCUT2D eigenvalue weighted by Crippen LogP contribution is -2.78. The van der Waals surface area contributed by atoms with E-state index in [0.717, 1.165) is 0 Å². The molecule has 6 rings (SSSR count). The molecule has 1 aromatic rings. The lowest BCUT2D eigenvalue weighted by Gasteiger charge is -2.64. The molecule has 5 aliphatic rings. The Bertz CT molecular complexity index is 1060. The highest BCUT2D eigenvalue weighted by atomic mass is 16.5. The molecule has 30 heavy (non-hydrogen) atoms. The molecule has 3 unspecified atom stereocenters. The summed E-state index contributed by atoms with van der Waals surface area (Å²) in [6.45, 7) is 0.165. The highest BCUT2D eigenvalue weighted by Crippen LogP contribution is 2.73. The second-order valence-electron chi connectivity index (χ2n) is 9.34. The monoisotopic (exact) mass is 414 g/mol. The lowest BCUT2D eigenvalue weighted by molar-refractivity contribution is -0.185. The maximum absolute atomic E-state index is 13.5. The number of phenols is 2. The molecule has 0 aromatic heterocycles. The average Bonchev–Trinajstić information content (AvgIpc) is 3.20. The van der Waals surface area contributed by atoms with Gasteiger partial charge in [0.15, 0.2) is 11.5 Å². The summed E-state index contributed by atoms with van der Waals surface area (Å²) in [4.78, 5) is 41.4. The number of aromatic hydroxyl groups is 2. The summed E-state index contributed by atoms with van der Waals surface area (Å²) >= 11 is 0. The zero-order valence-corrected chi connectivity index (χ0v) is 16.3. The van der Waals surface area contributed by atoms with Gasteiger partial charge in [0.05, 0.1) is 36.8 Å². The Balaban J connectivity index is 1.74. The van der Waals surface area contributed by atoms with Gasteiger partial charge in [0, 0.05) is 24.3 Å². The van der Waals surface area contributed by atoms with E-state index >= 15 is 0 Å². The maximum Gasteiger partial charge on any atom is 0.332 e. The second kappa shape index (κ2) is 5.08. The molecule has 9 nitrogen and oxygen atoms in total. The van der Waals surface area contributed by atoms with Crippen LogP contribution in [0.1, 0.15) is 31.2 Å². The Morgan fingerprint density at radius 3 is 2.77 bits per heavy atom. The number of aliphatic hydroxyl groups excluding tert-OH is 1. The number of phenolic OH excluding ortho intramolecular Hbond substituents is 2. The Labute approximate surface area is 171 Å². The van der Waals surface area contributed by atoms with E-state index in [-0.39, 0.29) is 48.9 Å². The van der Waals surface area contributed by atoms with Crippen molar-refractivity contribution in [2.45, 2.75) is 48.8 Å². The molecule has 2 saturated carbocycles. The summed E-state index contributed by atoms with van der Waals surface area (Å²) in [6, 6.07) is 2.36. The number of rotatable bonds is 1. The molecule has 4 fully saturated rings. The minimum atomic E-state index is -1.39. The van der Waals surface area contributed by atoms with E-state index in [0.29, 0.717) is 12.0 Å². The van der Waals surface area contributed by atoms with Gasteiger partial charge < -0.3 is 30.3 Å². The number of amides is 1. The lowest BCUT2D eigenvalue weighted by atomic mass is 9.41. The summed E-state index contributed by atoms with van der Waals surface area (Å²) in [5.41, 5.74) is -2.74. The highest BCUT2D eigenvalue weighted by Gasteiger charge is 2.84. The quantitative estimate of drug-likeness (QED) is 0.373. The molecule has 1 aromatic carbocycles. The maximum atomic E-state index is 13.5. The molecule has 6 atom stereocenters. The number of aliphatic hydroxyl groups is 1. The molecule has 2 saturated heterocycles. The number of benzene rings is 1. The summed E-state index contributed by atoms with van der Waals surface area (Å²) in [5, 5.41) is 34.9. The van der Waals surface area contributed by atoms with Crippen LogP contribution in [0.2, 0.25) is 0 Å². The van der Waals surface area contributed by atoms with Gasteiger partial charge >= 0.3 is 5.97 Å². The van der Waals surface area contributed by atoms with Gasteiger partial charge in [-0.05, 0) is 24.5 Å². The van der Waals surface area contributed by atoms with Gasteiger partial charge in [0.25, 0.3) is 0 Å². The molecule has 4 bridgehead atoms. The van der Waals surface area contributed by atoms with Crippen LogP contribution in [0.5, 0.6) is 11.5 Å². The van der Waals surface area contributed by atoms with Crippen molar-refractivity contribution in [1.29, 1.82) is 0 Å². The van der Waals surface area contributed by atoms with Crippen molar-refractivity contribution in [1.82, 2.24) is 4.90 Å². The number of piperidine rings is 1. The van der Waals surface area contributed by atoms with Crippen LogP contribution >= 0.6 is 0 Å². The number of esters is 1. The molecule has 3 heterocycles. The fourth-order valence-corrected chi connectivity index (χ4v) is 7.62. The Morgan fingerprint density at radius 1 is 1.27 bits per heavy atom. The van der Waals surface area contributed by atoms with Gasteiger partial charge in [0.2, 0.25) is 5.91 Å². The third-order valence-electron chi connectivity index (χ3n) is 8.61. The number of ether oxygens (including phenoxy) is 1. The predicted octanol–water partition coefficient (Wildman–Crippen LogP) is 0.0175. The molecule has 9 heteroatoms. The molecule has 4 N–H and O–H groups in total. The van der Waals surface area contributed by atoms with Crippen LogP contribution in [0.4, 0.5) is 5.69 Å². The predicted molar refractivity (Wildman–Crippen MR) is 101 cm³/mol. The van der Waals surface area contributed by atoms with Crippen LogP contribution in [0.15, 0.2) is 12.1 Å². The SMILES string of the molecule is COC(=O)[C@]12CCC34CC(=O)C5CN(C(=O)CC3O)[C@@H]4[C@]51c1ccc(O)c(O)c1N2. The van der Waals surface area contributed by atoms with E-state index in [9.17, 15) is 29.7 Å². The Hall–Kier alpha value is -2.81. The first-order valence-electron chi connectivity index (χ1n) is 10.2. The number of Topliss-reactive ketones (excluding diaryl/α,β-unsaturated/α-hetero) is 1.